The van der Waals surface area contributed by atoms with E-state index in [1.54, 1.807) is 30.3 Å². The molecule has 9 heteroatoms. The standard InChI is InChI=1S/C31H35N3O6/c1-2-22-7-6-8-24(17-22)38-20-27(35)23-9-11-28-26(18-23)34(30(36)21-39-28)19-25-10-12-29(40-25)31(37)32-13-16-33-14-4-3-5-15-33/h6-12,17-18H,2-5,13-16,19-21H2,1H3,(H,32,37). The number of ketones is 1. The predicted molar refractivity (Wildman–Crippen MR) is 150 cm³/mol. The van der Waals surface area contributed by atoms with Crippen LogP contribution in [-0.4, -0.2) is 61.9 Å². The number of carbonyl (C=O) groups excluding carboxylic acids is 3. The van der Waals surface area contributed by atoms with Crippen molar-refractivity contribution in [2.24, 2.45) is 0 Å². The van der Waals surface area contributed by atoms with Crippen LogP contribution in [0.1, 0.15) is 58.4 Å². The zero-order valence-electron chi connectivity index (χ0n) is 22.8. The first kappa shape index (κ1) is 27.5. The number of nitrogens with one attached hydrogen (secondary N) is 1. The summed E-state index contributed by atoms with van der Waals surface area (Å²) in [5, 5.41) is 2.91. The summed E-state index contributed by atoms with van der Waals surface area (Å²) in [7, 11) is 0. The van der Waals surface area contributed by atoms with Gasteiger partial charge in [0, 0.05) is 18.7 Å². The maximum absolute atomic E-state index is 12.9. The summed E-state index contributed by atoms with van der Waals surface area (Å²) in [6.07, 6.45) is 4.56. The van der Waals surface area contributed by atoms with Crippen LogP contribution in [0.5, 0.6) is 11.5 Å². The quantitative estimate of drug-likeness (QED) is 0.360. The zero-order chi connectivity index (χ0) is 27.9. The number of likely N-dealkylation sites (tertiary alicyclic amines) is 1. The SMILES string of the molecule is CCc1cccc(OCC(=O)c2ccc3c(c2)N(Cc2ccc(C(=O)NCCN4CCCCC4)o2)C(=O)CO3)c1. The third-order valence-electron chi connectivity index (χ3n) is 7.26. The van der Waals surface area contributed by atoms with Gasteiger partial charge in [0.15, 0.2) is 24.8 Å². The Morgan fingerprint density at radius 1 is 1.02 bits per heavy atom. The van der Waals surface area contributed by atoms with E-state index in [-0.39, 0.29) is 43.1 Å². The van der Waals surface area contributed by atoms with Crippen LogP contribution in [0.25, 0.3) is 0 Å². The number of piperidine rings is 1. The van der Waals surface area contributed by atoms with Crippen molar-refractivity contribution in [1.82, 2.24) is 10.2 Å². The highest BCUT2D eigenvalue weighted by atomic mass is 16.5. The van der Waals surface area contributed by atoms with Gasteiger partial charge in [0.25, 0.3) is 11.8 Å². The molecule has 2 amide bonds. The summed E-state index contributed by atoms with van der Waals surface area (Å²) in [5.41, 5.74) is 2.00. The molecular weight excluding hydrogens is 510 g/mol. The lowest BCUT2D eigenvalue weighted by Crippen LogP contribution is -2.38. The van der Waals surface area contributed by atoms with Crippen molar-refractivity contribution in [1.29, 1.82) is 0 Å². The molecule has 0 atom stereocenters. The van der Waals surface area contributed by atoms with E-state index in [9.17, 15) is 14.4 Å². The molecule has 3 aromatic rings. The zero-order valence-corrected chi connectivity index (χ0v) is 22.8. The molecule has 210 valence electrons. The van der Waals surface area contributed by atoms with Gasteiger partial charge >= 0.3 is 0 Å². The largest absolute Gasteiger partial charge is 0.485 e. The minimum absolute atomic E-state index is 0.105. The molecule has 3 heterocycles. The molecule has 0 saturated carbocycles. The van der Waals surface area contributed by atoms with Crippen molar-refractivity contribution < 1.29 is 28.3 Å². The van der Waals surface area contributed by atoms with Crippen molar-refractivity contribution in [3.63, 3.8) is 0 Å². The van der Waals surface area contributed by atoms with E-state index in [4.69, 9.17) is 13.9 Å². The van der Waals surface area contributed by atoms with E-state index in [2.05, 4.69) is 17.1 Å². The van der Waals surface area contributed by atoms with E-state index >= 15 is 0 Å². The highest BCUT2D eigenvalue weighted by Crippen LogP contribution is 2.34. The number of hydrogen-bond donors (Lipinski definition) is 1. The van der Waals surface area contributed by atoms with Crippen molar-refractivity contribution >= 4 is 23.3 Å². The second-order valence-corrected chi connectivity index (χ2v) is 10.1. The Bertz CT molecular complexity index is 1360. The molecule has 0 bridgehead atoms. The van der Waals surface area contributed by atoms with Crippen molar-refractivity contribution in [3.8, 4) is 11.5 Å². The van der Waals surface area contributed by atoms with Crippen LogP contribution in [0.15, 0.2) is 59.0 Å². The summed E-state index contributed by atoms with van der Waals surface area (Å²) in [6.45, 7) is 5.42. The summed E-state index contributed by atoms with van der Waals surface area (Å²) >= 11 is 0. The van der Waals surface area contributed by atoms with Crippen molar-refractivity contribution in [2.45, 2.75) is 39.2 Å². The number of hydrogen-bond acceptors (Lipinski definition) is 7. The fraction of sp³-hybridized carbons (Fsp3) is 0.387. The Kier molecular flexibility index (Phi) is 8.81. The van der Waals surface area contributed by atoms with Gasteiger partial charge in [0.2, 0.25) is 0 Å². The molecule has 0 unspecified atom stereocenters. The summed E-state index contributed by atoms with van der Waals surface area (Å²) in [6, 6.07) is 15.9. The molecule has 40 heavy (non-hydrogen) atoms. The second kappa shape index (κ2) is 12.8. The molecule has 0 aliphatic carbocycles. The lowest BCUT2D eigenvalue weighted by molar-refractivity contribution is -0.121. The average Bonchev–Trinajstić information content (AvgIpc) is 3.46. The van der Waals surface area contributed by atoms with Crippen LogP contribution in [0.4, 0.5) is 5.69 Å². The van der Waals surface area contributed by atoms with Crippen molar-refractivity contribution in [3.05, 3.63) is 77.2 Å². The Hall–Kier alpha value is -4.11. The fourth-order valence-corrected chi connectivity index (χ4v) is 4.97. The average molecular weight is 546 g/mol. The topological polar surface area (TPSA) is 101 Å². The number of anilines is 1. The number of furan rings is 1. The first-order valence-corrected chi connectivity index (χ1v) is 13.9. The molecule has 2 aliphatic heterocycles. The van der Waals surface area contributed by atoms with Crippen LogP contribution >= 0.6 is 0 Å². The van der Waals surface area contributed by atoms with Gasteiger partial charge in [-0.1, -0.05) is 25.5 Å². The molecule has 5 rings (SSSR count). The van der Waals surface area contributed by atoms with Crippen LogP contribution in [0.2, 0.25) is 0 Å². The highest BCUT2D eigenvalue weighted by Gasteiger charge is 2.28. The van der Waals surface area contributed by atoms with E-state index in [1.807, 2.05) is 24.3 Å². The third kappa shape index (κ3) is 6.71. The maximum atomic E-state index is 12.9. The number of benzene rings is 2. The van der Waals surface area contributed by atoms with Crippen LogP contribution < -0.4 is 19.7 Å². The smallest absolute Gasteiger partial charge is 0.287 e. The van der Waals surface area contributed by atoms with E-state index in [0.29, 0.717) is 35.1 Å². The number of Topliss-reactive ketones (excluding diaryl/α,β-unsaturated/α-hetero) is 1. The van der Waals surface area contributed by atoms with Crippen LogP contribution in [0, 0.1) is 0 Å². The number of fused-ring (bicyclic) bond motifs is 1. The Morgan fingerprint density at radius 2 is 1.88 bits per heavy atom. The van der Waals surface area contributed by atoms with E-state index in [1.165, 1.54) is 24.2 Å². The Labute approximate surface area is 234 Å². The van der Waals surface area contributed by atoms with Crippen LogP contribution in [-0.2, 0) is 17.8 Å². The number of ether oxygens (including phenoxy) is 2. The number of carbonyl (C=O) groups is 3. The third-order valence-corrected chi connectivity index (χ3v) is 7.26. The molecule has 2 aromatic carbocycles. The molecule has 1 fully saturated rings. The molecular formula is C31H35N3O6. The van der Waals surface area contributed by atoms with Crippen molar-refractivity contribution in [2.75, 3.05) is 44.3 Å². The van der Waals surface area contributed by atoms with Gasteiger partial charge in [-0.25, -0.2) is 0 Å². The number of aryl methyl sites for hydroxylation is 1. The first-order valence-electron chi connectivity index (χ1n) is 13.9. The van der Waals surface area contributed by atoms with E-state index in [0.717, 1.165) is 31.6 Å². The summed E-state index contributed by atoms with van der Waals surface area (Å²) in [5.74, 6) is 1.01. The molecule has 1 N–H and O–H groups in total. The number of nitrogens with zero attached hydrogens (tertiary/aromatic N) is 2. The number of rotatable bonds is 11. The molecule has 0 radical (unpaired) electrons. The molecule has 9 nitrogen and oxygen atoms in total. The van der Waals surface area contributed by atoms with E-state index < -0.39 is 0 Å². The predicted octanol–water partition coefficient (Wildman–Crippen LogP) is 4.25. The lowest BCUT2D eigenvalue weighted by Gasteiger charge is -2.29. The molecule has 1 saturated heterocycles. The molecule has 0 spiro atoms. The normalized spacial score (nSPS) is 15.3. The van der Waals surface area contributed by atoms with Gasteiger partial charge in [0.1, 0.15) is 17.3 Å². The van der Waals surface area contributed by atoms with Gasteiger partial charge in [0.05, 0.1) is 12.2 Å². The van der Waals surface area contributed by atoms with Gasteiger partial charge < -0.3 is 24.1 Å². The fourth-order valence-electron chi connectivity index (χ4n) is 4.97. The van der Waals surface area contributed by atoms with Gasteiger partial charge in [-0.2, -0.15) is 0 Å². The lowest BCUT2D eigenvalue weighted by atomic mass is 10.1. The Morgan fingerprint density at radius 3 is 2.70 bits per heavy atom. The number of amides is 2. The van der Waals surface area contributed by atoms with Gasteiger partial charge in [-0.15, -0.1) is 0 Å². The first-order chi connectivity index (χ1) is 19.5. The van der Waals surface area contributed by atoms with Gasteiger partial charge in [-0.05, 0) is 80.4 Å². The Balaban J connectivity index is 1.21. The molecule has 2 aliphatic rings. The monoisotopic (exact) mass is 545 g/mol. The second-order valence-electron chi connectivity index (χ2n) is 10.1. The summed E-state index contributed by atoms with van der Waals surface area (Å²) in [4.78, 5) is 42.2. The summed E-state index contributed by atoms with van der Waals surface area (Å²) < 4.78 is 17.1. The minimum Gasteiger partial charge on any atom is -0.485 e. The van der Waals surface area contributed by atoms with Gasteiger partial charge in [-0.3, -0.25) is 19.3 Å². The van der Waals surface area contributed by atoms with Crippen LogP contribution in [0.3, 0.4) is 0 Å². The minimum atomic E-state index is -0.283. The maximum Gasteiger partial charge on any atom is 0.287 e. The molecule has 1 aromatic heterocycles. The highest BCUT2D eigenvalue weighted by molar-refractivity contribution is 6.02.